The molecule has 2 N–H and O–H groups in total. The number of hydrogen-bond acceptors (Lipinski definition) is 2. The van der Waals surface area contributed by atoms with E-state index in [9.17, 15) is 4.39 Å². The number of ether oxygens (including phenoxy) is 1. The van der Waals surface area contributed by atoms with Gasteiger partial charge < -0.3 is 10.5 Å². The Kier molecular flexibility index (Phi) is 6.09. The zero-order chi connectivity index (χ0) is 13.0. The van der Waals surface area contributed by atoms with Gasteiger partial charge in [0.15, 0.2) is 11.6 Å². The molecule has 19 heavy (non-hydrogen) atoms. The van der Waals surface area contributed by atoms with Gasteiger partial charge in [0.1, 0.15) is 6.61 Å². The monoisotopic (exact) mass is 301 g/mol. The van der Waals surface area contributed by atoms with Crippen molar-refractivity contribution in [3.8, 4) is 16.9 Å². The number of halogens is 3. The van der Waals surface area contributed by atoms with Crippen LogP contribution in [0.3, 0.4) is 0 Å². The van der Waals surface area contributed by atoms with Gasteiger partial charge in [-0.2, -0.15) is 0 Å². The molecule has 102 valence electrons. The second kappa shape index (κ2) is 7.34. The first-order valence-corrected chi connectivity index (χ1v) is 5.97. The summed E-state index contributed by atoms with van der Waals surface area (Å²) in [5.41, 5.74) is 6.82. The first-order valence-electron chi connectivity index (χ1n) is 5.59. The first-order chi connectivity index (χ1) is 8.72. The predicted octanol–water partition coefficient (Wildman–Crippen LogP) is 3.91. The minimum Gasteiger partial charge on any atom is -0.489 e. The highest BCUT2D eigenvalue weighted by molar-refractivity contribution is 6.33. The Morgan fingerprint density at radius 1 is 1.16 bits per heavy atom. The highest BCUT2D eigenvalue weighted by atomic mass is 35.5. The number of nitrogens with two attached hydrogens (primary N) is 1. The lowest BCUT2D eigenvalue weighted by Crippen LogP contribution is -2.11. The summed E-state index contributed by atoms with van der Waals surface area (Å²) < 4.78 is 19.0. The molecule has 0 bridgehead atoms. The van der Waals surface area contributed by atoms with Gasteiger partial charge in [0.05, 0.1) is 0 Å². The van der Waals surface area contributed by atoms with Gasteiger partial charge in [-0.25, -0.2) is 4.39 Å². The molecule has 0 amide bonds. The standard InChI is InChI=1S/C14H13ClFNO.ClH/c15-12-4-2-1-3-11(12)10-5-6-14(13(16)9-10)18-8-7-17;/h1-6,9H,7-8,17H2;1H. The lowest BCUT2D eigenvalue weighted by atomic mass is 10.1. The van der Waals surface area contributed by atoms with Crippen molar-refractivity contribution in [1.29, 1.82) is 0 Å². The molecule has 0 saturated heterocycles. The molecule has 2 rings (SSSR count). The molecule has 0 fully saturated rings. The Balaban J connectivity index is 0.00000180. The summed E-state index contributed by atoms with van der Waals surface area (Å²) in [6, 6.07) is 12.1. The van der Waals surface area contributed by atoms with Gasteiger partial charge in [-0.1, -0.05) is 35.9 Å². The fourth-order valence-corrected chi connectivity index (χ4v) is 1.89. The smallest absolute Gasteiger partial charge is 0.165 e. The van der Waals surface area contributed by atoms with Crippen LogP contribution in [0.2, 0.25) is 5.02 Å². The molecule has 2 aromatic rings. The zero-order valence-corrected chi connectivity index (χ0v) is 11.7. The van der Waals surface area contributed by atoms with Crippen molar-refractivity contribution in [3.05, 3.63) is 53.3 Å². The third-order valence-corrected chi connectivity index (χ3v) is 2.82. The number of hydrogen-bond donors (Lipinski definition) is 1. The normalized spacial score (nSPS) is 9.84. The van der Waals surface area contributed by atoms with Crippen molar-refractivity contribution < 1.29 is 9.13 Å². The molecule has 0 unspecified atom stereocenters. The van der Waals surface area contributed by atoms with Crippen molar-refractivity contribution in [3.63, 3.8) is 0 Å². The van der Waals surface area contributed by atoms with E-state index in [2.05, 4.69) is 0 Å². The third-order valence-electron chi connectivity index (χ3n) is 2.49. The van der Waals surface area contributed by atoms with Crippen LogP contribution >= 0.6 is 24.0 Å². The number of benzene rings is 2. The minimum absolute atomic E-state index is 0. The molecule has 0 aliphatic rings. The van der Waals surface area contributed by atoms with Crippen LogP contribution in [0.1, 0.15) is 0 Å². The maximum atomic E-state index is 13.8. The lowest BCUT2D eigenvalue weighted by Gasteiger charge is -2.08. The Morgan fingerprint density at radius 2 is 1.89 bits per heavy atom. The molecule has 0 radical (unpaired) electrons. The topological polar surface area (TPSA) is 35.2 Å². The van der Waals surface area contributed by atoms with E-state index in [1.54, 1.807) is 18.2 Å². The SMILES string of the molecule is Cl.NCCOc1ccc(-c2ccccc2Cl)cc1F. The largest absolute Gasteiger partial charge is 0.489 e. The molecule has 0 heterocycles. The Hall–Kier alpha value is -1.29. The second-order valence-corrected chi connectivity index (χ2v) is 4.17. The van der Waals surface area contributed by atoms with Crippen LogP contribution in [-0.2, 0) is 0 Å². The highest BCUT2D eigenvalue weighted by Gasteiger charge is 2.08. The molecule has 0 atom stereocenters. The van der Waals surface area contributed by atoms with E-state index < -0.39 is 5.82 Å². The summed E-state index contributed by atoms with van der Waals surface area (Å²) in [4.78, 5) is 0. The number of rotatable bonds is 4. The van der Waals surface area contributed by atoms with E-state index >= 15 is 0 Å². The van der Waals surface area contributed by atoms with Gasteiger partial charge in [-0.05, 0) is 23.8 Å². The van der Waals surface area contributed by atoms with Crippen LogP contribution in [0, 0.1) is 5.82 Å². The quantitative estimate of drug-likeness (QED) is 0.929. The van der Waals surface area contributed by atoms with E-state index in [-0.39, 0.29) is 18.2 Å². The summed E-state index contributed by atoms with van der Waals surface area (Å²) in [7, 11) is 0. The minimum atomic E-state index is -0.416. The van der Waals surface area contributed by atoms with Gasteiger partial charge in [0.25, 0.3) is 0 Å². The van der Waals surface area contributed by atoms with Crippen LogP contribution in [0.4, 0.5) is 4.39 Å². The van der Waals surface area contributed by atoms with Gasteiger partial charge in [-0.3, -0.25) is 0 Å². The van der Waals surface area contributed by atoms with Gasteiger partial charge >= 0.3 is 0 Å². The van der Waals surface area contributed by atoms with E-state index in [1.807, 2.05) is 18.2 Å². The third kappa shape index (κ3) is 3.83. The summed E-state index contributed by atoms with van der Waals surface area (Å²) >= 11 is 6.06. The van der Waals surface area contributed by atoms with Gasteiger partial charge in [-0.15, -0.1) is 12.4 Å². The van der Waals surface area contributed by atoms with Gasteiger partial charge in [0.2, 0.25) is 0 Å². The zero-order valence-electron chi connectivity index (χ0n) is 10.1. The van der Waals surface area contributed by atoms with Crippen molar-refractivity contribution in [2.45, 2.75) is 0 Å². The molecule has 5 heteroatoms. The van der Waals surface area contributed by atoms with E-state index in [1.165, 1.54) is 6.07 Å². The molecular weight excluding hydrogens is 288 g/mol. The lowest BCUT2D eigenvalue weighted by molar-refractivity contribution is 0.311. The van der Waals surface area contributed by atoms with Crippen LogP contribution < -0.4 is 10.5 Å². The molecule has 0 spiro atoms. The van der Waals surface area contributed by atoms with Crippen molar-refractivity contribution in [2.24, 2.45) is 5.73 Å². The highest BCUT2D eigenvalue weighted by Crippen LogP contribution is 2.30. The van der Waals surface area contributed by atoms with Crippen molar-refractivity contribution in [2.75, 3.05) is 13.2 Å². The maximum Gasteiger partial charge on any atom is 0.165 e. The Morgan fingerprint density at radius 3 is 2.53 bits per heavy atom. The first kappa shape index (κ1) is 15.8. The van der Waals surface area contributed by atoms with Crippen molar-refractivity contribution in [1.82, 2.24) is 0 Å². The van der Waals surface area contributed by atoms with Crippen molar-refractivity contribution >= 4 is 24.0 Å². The molecule has 0 aromatic heterocycles. The molecule has 2 nitrogen and oxygen atoms in total. The molecule has 0 saturated carbocycles. The summed E-state index contributed by atoms with van der Waals surface area (Å²) in [6.07, 6.45) is 0. The van der Waals surface area contributed by atoms with Crippen LogP contribution in [0.5, 0.6) is 5.75 Å². The average Bonchev–Trinajstić information content (AvgIpc) is 2.38. The van der Waals surface area contributed by atoms with Crippen LogP contribution in [0.15, 0.2) is 42.5 Å². The Bertz CT molecular complexity index is 549. The molecular formula is C14H14Cl2FNO. The van der Waals surface area contributed by atoms with E-state index in [0.717, 1.165) is 11.1 Å². The van der Waals surface area contributed by atoms with Crippen LogP contribution in [-0.4, -0.2) is 13.2 Å². The molecule has 2 aromatic carbocycles. The predicted molar refractivity (Wildman–Crippen MR) is 78.6 cm³/mol. The van der Waals surface area contributed by atoms with E-state index in [4.69, 9.17) is 22.1 Å². The van der Waals surface area contributed by atoms with E-state index in [0.29, 0.717) is 18.2 Å². The summed E-state index contributed by atoms with van der Waals surface area (Å²) in [5.74, 6) is -0.211. The summed E-state index contributed by atoms with van der Waals surface area (Å²) in [6.45, 7) is 0.647. The molecule has 0 aliphatic heterocycles. The molecule has 0 aliphatic carbocycles. The second-order valence-electron chi connectivity index (χ2n) is 3.76. The maximum absolute atomic E-state index is 13.8. The van der Waals surface area contributed by atoms with Crippen LogP contribution in [0.25, 0.3) is 11.1 Å². The summed E-state index contributed by atoms with van der Waals surface area (Å²) in [5, 5.41) is 0.590. The average molecular weight is 302 g/mol. The van der Waals surface area contributed by atoms with Gasteiger partial charge in [0, 0.05) is 17.1 Å². The Labute approximate surface area is 122 Å². The fourth-order valence-electron chi connectivity index (χ4n) is 1.65. The fraction of sp³-hybridized carbons (Fsp3) is 0.143.